The van der Waals surface area contributed by atoms with Crippen LogP contribution in [0.3, 0.4) is 0 Å². The maximum Gasteiger partial charge on any atom is 0.227 e. The SMILES string of the molecule is c1ccc(-c2ccc(-c3cc(-c4ccccc4)nc(-c4ccc5c(ccc6ccc7oc(-c8ccccc8)nc7c65)c4)n3)cc2)cc1.c1ccc(-c2ccc(-c3cc(-c4ccccc4)nc(-c4ccc5c(ccc6ccc7sc(-c8ccccc8)nc7c65)c4)n3)cc2)cc1.c1ccc(-c2nc3c(ccc4ccc5cc(-n6c7ccc8ccccc8c7c7c8ccccc8ccc76)ccc5c43)o2)cc1. The van der Waals surface area contributed by atoms with Crippen molar-refractivity contribution in [2.45, 2.75) is 0 Å². The molecule has 11 heteroatoms. The van der Waals surface area contributed by atoms with Gasteiger partial charge in [-0.1, -0.05) is 382 Å². The Bertz CT molecular complexity index is 9160. The molecule has 644 valence electrons. The smallest absolute Gasteiger partial charge is 0.227 e. The van der Waals surface area contributed by atoms with Crippen LogP contribution in [0.25, 0.3) is 270 Å². The van der Waals surface area contributed by atoms with E-state index in [1.54, 1.807) is 11.3 Å². The Labute approximate surface area is 796 Å². The van der Waals surface area contributed by atoms with Gasteiger partial charge in [0.05, 0.1) is 44.0 Å². The van der Waals surface area contributed by atoms with Crippen molar-refractivity contribution in [1.82, 2.24) is 39.5 Å². The molecule has 0 saturated carbocycles. The van der Waals surface area contributed by atoms with Crippen LogP contribution in [0.1, 0.15) is 0 Å². The van der Waals surface area contributed by atoms with Crippen molar-refractivity contribution in [1.29, 1.82) is 0 Å². The van der Waals surface area contributed by atoms with E-state index in [2.05, 4.69) is 362 Å². The highest BCUT2D eigenvalue weighted by molar-refractivity contribution is 7.21. The Balaban J connectivity index is 0.000000107. The molecular weight excluding hydrogens is 1700 g/mol. The molecule has 0 aliphatic rings. The van der Waals surface area contributed by atoms with Crippen LogP contribution in [0, 0.1) is 0 Å². The van der Waals surface area contributed by atoms with Gasteiger partial charge in [0, 0.05) is 82.7 Å². The third kappa shape index (κ3) is 14.7. The van der Waals surface area contributed by atoms with Gasteiger partial charge in [0.1, 0.15) is 16.0 Å². The number of thiazole rings is 1. The molecule has 28 rings (SSSR count). The van der Waals surface area contributed by atoms with Crippen molar-refractivity contribution < 1.29 is 8.83 Å². The Morgan fingerprint density at radius 3 is 0.920 bits per heavy atom. The maximum atomic E-state index is 6.25. The molecule has 0 radical (unpaired) electrons. The quantitative estimate of drug-likeness (QED) is 0.110. The molecule has 6 heterocycles. The second kappa shape index (κ2) is 34.1. The Kier molecular flexibility index (Phi) is 19.9. The third-order valence-corrected chi connectivity index (χ3v) is 27.7. The number of hydrogen-bond donors (Lipinski definition) is 0. The average Bonchev–Trinajstić information content (AvgIpc) is 1.55. The number of rotatable bonds is 12. The van der Waals surface area contributed by atoms with E-state index >= 15 is 0 Å². The van der Waals surface area contributed by atoms with E-state index in [0.29, 0.717) is 23.4 Å². The molecule has 0 unspecified atom stereocenters. The minimum atomic E-state index is 0.622. The predicted octanol–water partition coefficient (Wildman–Crippen LogP) is 34.2. The Morgan fingerprint density at radius 2 is 0.493 bits per heavy atom. The fraction of sp³-hybridized carbons (Fsp3) is 0. The molecule has 138 heavy (non-hydrogen) atoms. The lowest BCUT2D eigenvalue weighted by molar-refractivity contribution is 0.619. The van der Waals surface area contributed by atoms with Gasteiger partial charge in [-0.15, -0.1) is 11.3 Å². The van der Waals surface area contributed by atoms with Crippen LogP contribution in [-0.4, -0.2) is 39.5 Å². The fourth-order valence-corrected chi connectivity index (χ4v) is 20.8. The van der Waals surface area contributed by atoms with Crippen LogP contribution in [-0.2, 0) is 0 Å². The van der Waals surface area contributed by atoms with Crippen LogP contribution in [0.4, 0.5) is 0 Å². The first-order chi connectivity index (χ1) is 68.3. The van der Waals surface area contributed by atoms with Crippen LogP contribution in [0.2, 0.25) is 0 Å². The standard InChI is InChI=1S/C43H27N3O.C43H27N3S.C41H24N2O/c2*1-4-10-28(11-5-1)29-16-18-31(19-17-29)38-27-37(30-12-6-2-7-13-30)44-42(45-38)35-22-24-36-34(26-35)21-20-32-23-25-39-41(40(32)36)46-43(47-39)33-14-8-3-9-15-33;1-2-10-28(11-3-1)41-42-40-36(44-41)23-18-27-14-15-29-24-30(19-20-33(29)37(27)40)43-34-21-16-25-8-4-6-12-31(25)38(34)39-32-13-7-5-9-26(32)17-22-35(39)43/h2*1-27H;1-24H. The molecule has 22 aromatic carbocycles. The van der Waals surface area contributed by atoms with E-state index in [1.807, 2.05) is 115 Å². The summed E-state index contributed by atoms with van der Waals surface area (Å²) < 4.78 is 16.1. The van der Waals surface area contributed by atoms with Crippen LogP contribution >= 0.6 is 11.3 Å². The lowest BCUT2D eigenvalue weighted by Gasteiger charge is -2.11. The van der Waals surface area contributed by atoms with Gasteiger partial charge in [-0.25, -0.2) is 34.9 Å². The van der Waals surface area contributed by atoms with Crippen LogP contribution in [0.5, 0.6) is 0 Å². The van der Waals surface area contributed by atoms with E-state index in [4.69, 9.17) is 43.7 Å². The number of fused-ring (bicyclic) bond motifs is 22. The second-order valence-corrected chi connectivity index (χ2v) is 35.9. The molecular formula is C127H78N8O2S. The second-order valence-electron chi connectivity index (χ2n) is 34.9. The normalized spacial score (nSPS) is 11.6. The summed E-state index contributed by atoms with van der Waals surface area (Å²) in [6.45, 7) is 0. The monoisotopic (exact) mass is 1780 g/mol. The summed E-state index contributed by atoms with van der Waals surface area (Å²) >= 11 is 1.74. The van der Waals surface area contributed by atoms with Gasteiger partial charge in [0.15, 0.2) is 22.8 Å². The van der Waals surface area contributed by atoms with Crippen molar-refractivity contribution in [2.75, 3.05) is 0 Å². The largest absolute Gasteiger partial charge is 0.436 e. The number of oxazole rings is 2. The summed E-state index contributed by atoms with van der Waals surface area (Å²) in [6.07, 6.45) is 0. The molecule has 0 atom stereocenters. The van der Waals surface area contributed by atoms with Crippen LogP contribution in [0.15, 0.2) is 482 Å². The molecule has 0 fully saturated rings. The number of aromatic nitrogens is 8. The molecule has 0 aliphatic carbocycles. The molecule has 0 N–H and O–H groups in total. The molecule has 0 aliphatic heterocycles. The van der Waals surface area contributed by atoms with Crippen molar-refractivity contribution in [3.63, 3.8) is 0 Å². The third-order valence-electron chi connectivity index (χ3n) is 26.6. The average molecular weight is 1780 g/mol. The Hall–Kier alpha value is -18.3. The first kappa shape index (κ1) is 80.6. The summed E-state index contributed by atoms with van der Waals surface area (Å²) in [6, 6.07) is 166. The lowest BCUT2D eigenvalue weighted by atomic mass is 9.98. The minimum absolute atomic E-state index is 0.622. The van der Waals surface area contributed by atoms with Gasteiger partial charge in [0.2, 0.25) is 11.8 Å². The summed E-state index contributed by atoms with van der Waals surface area (Å²) in [5.74, 6) is 2.65. The molecule has 10 nitrogen and oxygen atoms in total. The van der Waals surface area contributed by atoms with Gasteiger partial charge in [-0.2, -0.15) is 0 Å². The van der Waals surface area contributed by atoms with Crippen molar-refractivity contribution in [3.05, 3.63) is 473 Å². The highest BCUT2D eigenvalue weighted by Crippen LogP contribution is 2.46. The van der Waals surface area contributed by atoms with Crippen molar-refractivity contribution in [3.8, 4) is 129 Å². The number of benzene rings is 22. The summed E-state index contributed by atoms with van der Waals surface area (Å²) in [5, 5.41) is 22.4. The maximum absolute atomic E-state index is 6.25. The topological polar surface area (TPSA) is 121 Å². The van der Waals surface area contributed by atoms with Gasteiger partial charge in [0.25, 0.3) is 0 Å². The van der Waals surface area contributed by atoms with Crippen LogP contribution < -0.4 is 0 Å². The minimum Gasteiger partial charge on any atom is -0.436 e. The van der Waals surface area contributed by atoms with Crippen molar-refractivity contribution >= 4 is 152 Å². The molecule has 0 bridgehead atoms. The van der Waals surface area contributed by atoms with E-state index in [1.165, 1.54) is 97.2 Å². The first-order valence-electron chi connectivity index (χ1n) is 46.4. The summed E-state index contributed by atoms with van der Waals surface area (Å²) in [7, 11) is 0. The zero-order chi connectivity index (χ0) is 91.1. The van der Waals surface area contributed by atoms with Gasteiger partial charge < -0.3 is 13.4 Å². The number of nitrogens with zero attached hydrogens (tertiary/aromatic N) is 8. The summed E-state index contributed by atoms with van der Waals surface area (Å²) in [5.41, 5.74) is 25.4. The lowest BCUT2D eigenvalue weighted by Crippen LogP contribution is -1.96. The molecule has 0 saturated heterocycles. The first-order valence-corrected chi connectivity index (χ1v) is 47.2. The van der Waals surface area contributed by atoms with Gasteiger partial charge in [-0.05, 0) is 183 Å². The van der Waals surface area contributed by atoms with Crippen molar-refractivity contribution in [2.24, 2.45) is 0 Å². The molecule has 0 amide bonds. The Morgan fingerprint density at radius 1 is 0.188 bits per heavy atom. The van der Waals surface area contributed by atoms with E-state index in [0.717, 1.165) is 149 Å². The predicted molar refractivity (Wildman–Crippen MR) is 573 cm³/mol. The summed E-state index contributed by atoms with van der Waals surface area (Å²) in [4.78, 5) is 35.6. The van der Waals surface area contributed by atoms with E-state index in [-0.39, 0.29) is 0 Å². The fourth-order valence-electron chi connectivity index (χ4n) is 19.9. The zero-order valence-electron chi connectivity index (χ0n) is 74.3. The molecule has 0 spiro atoms. The zero-order valence-corrected chi connectivity index (χ0v) is 75.2. The van der Waals surface area contributed by atoms with Gasteiger partial charge >= 0.3 is 0 Å². The van der Waals surface area contributed by atoms with Gasteiger partial charge in [-0.3, -0.25) is 0 Å². The number of hydrogen-bond acceptors (Lipinski definition) is 10. The molecule has 28 aromatic rings. The van der Waals surface area contributed by atoms with E-state index < -0.39 is 0 Å². The highest BCUT2D eigenvalue weighted by atomic mass is 32.1. The molecule has 6 aromatic heterocycles. The highest BCUT2D eigenvalue weighted by Gasteiger charge is 2.24. The van der Waals surface area contributed by atoms with E-state index in [9.17, 15) is 0 Å².